The van der Waals surface area contributed by atoms with Crippen LogP contribution in [0.15, 0.2) is 42.9 Å². The van der Waals surface area contributed by atoms with Gasteiger partial charge in [-0.2, -0.15) is 23.5 Å². The van der Waals surface area contributed by atoms with E-state index in [1.165, 1.54) is 36.0 Å². The maximum atomic E-state index is 13.3. The van der Waals surface area contributed by atoms with Crippen LogP contribution in [0.25, 0.3) is 0 Å². The molecule has 0 saturated carbocycles. The number of hydrogen-bond donors (Lipinski definition) is 6. The second-order valence-corrected chi connectivity index (χ2v) is 10.6. The van der Waals surface area contributed by atoms with Gasteiger partial charge in [-0.25, -0.2) is 9.78 Å². The number of aliphatic carboxylic acids is 1. The van der Waals surface area contributed by atoms with Crippen molar-refractivity contribution in [2.24, 2.45) is 5.73 Å². The fourth-order valence-electron chi connectivity index (χ4n) is 3.61. The van der Waals surface area contributed by atoms with Crippen LogP contribution in [-0.4, -0.2) is 86.9 Å². The molecule has 13 heteroatoms. The van der Waals surface area contributed by atoms with Gasteiger partial charge < -0.3 is 31.8 Å². The van der Waals surface area contributed by atoms with Crippen LogP contribution >= 0.6 is 23.5 Å². The predicted octanol–water partition coefficient (Wildman–Crippen LogP) is 0.567. The van der Waals surface area contributed by atoms with Crippen molar-refractivity contribution in [1.82, 2.24) is 25.9 Å². The summed E-state index contributed by atoms with van der Waals surface area (Å²) in [4.78, 5) is 57.8. The zero-order chi connectivity index (χ0) is 27.9. The van der Waals surface area contributed by atoms with E-state index in [2.05, 4.69) is 25.9 Å². The highest BCUT2D eigenvalue weighted by Gasteiger charge is 2.30. The Morgan fingerprint density at radius 3 is 2.05 bits per heavy atom. The third-order valence-corrected chi connectivity index (χ3v) is 7.00. The standard InChI is InChI=1S/C25H36N6O5S2/c1-37-10-8-19(23(33)30-20(25(35)36)9-11-38-2)29-24(34)21(13-17-14-27-15-28-17)31-22(32)18(26)12-16-6-4-3-5-7-16/h3-7,14-15,18-21H,8-13,26H2,1-2H3,(H,27,28)(H,29,34)(H,30,33)(H,31,32)(H,35,36). The van der Waals surface area contributed by atoms with Gasteiger partial charge in [0, 0.05) is 18.3 Å². The molecule has 7 N–H and O–H groups in total. The highest BCUT2D eigenvalue weighted by Crippen LogP contribution is 2.08. The molecule has 0 aliphatic heterocycles. The fourth-order valence-corrected chi connectivity index (χ4v) is 4.55. The summed E-state index contributed by atoms with van der Waals surface area (Å²) in [5.74, 6) is -1.72. The van der Waals surface area contributed by atoms with Crippen molar-refractivity contribution in [1.29, 1.82) is 0 Å². The number of aromatic amines is 1. The van der Waals surface area contributed by atoms with Crippen molar-refractivity contribution in [3.8, 4) is 0 Å². The van der Waals surface area contributed by atoms with Crippen LogP contribution in [0.3, 0.4) is 0 Å². The minimum atomic E-state index is -1.14. The highest BCUT2D eigenvalue weighted by atomic mass is 32.2. The molecule has 1 aromatic carbocycles. The number of rotatable bonds is 17. The molecule has 0 aliphatic carbocycles. The molecule has 2 aromatic rings. The Hall–Kier alpha value is -3.03. The predicted molar refractivity (Wildman–Crippen MR) is 150 cm³/mol. The number of benzene rings is 1. The van der Waals surface area contributed by atoms with Crippen LogP contribution in [0.4, 0.5) is 0 Å². The first-order valence-corrected chi connectivity index (χ1v) is 14.9. The van der Waals surface area contributed by atoms with Gasteiger partial charge >= 0.3 is 5.97 Å². The number of nitrogens with zero attached hydrogens (tertiary/aromatic N) is 1. The summed E-state index contributed by atoms with van der Waals surface area (Å²) >= 11 is 2.97. The minimum Gasteiger partial charge on any atom is -0.480 e. The molecule has 1 heterocycles. The minimum absolute atomic E-state index is 0.0952. The van der Waals surface area contributed by atoms with Crippen LogP contribution in [0.5, 0.6) is 0 Å². The fraction of sp³-hybridized carbons (Fsp3) is 0.480. The van der Waals surface area contributed by atoms with E-state index < -0.39 is 47.9 Å². The highest BCUT2D eigenvalue weighted by molar-refractivity contribution is 7.98. The lowest BCUT2D eigenvalue weighted by atomic mass is 10.0. The molecule has 4 atom stereocenters. The van der Waals surface area contributed by atoms with E-state index in [4.69, 9.17) is 5.73 Å². The molecule has 0 spiro atoms. The van der Waals surface area contributed by atoms with Gasteiger partial charge in [0.2, 0.25) is 17.7 Å². The first-order chi connectivity index (χ1) is 18.2. The van der Waals surface area contributed by atoms with Gasteiger partial charge in [0.15, 0.2) is 0 Å². The number of aromatic nitrogens is 2. The van der Waals surface area contributed by atoms with Crippen LogP contribution in [0.2, 0.25) is 0 Å². The molecule has 11 nitrogen and oxygen atoms in total. The Bertz CT molecular complexity index is 1020. The molecule has 2 rings (SSSR count). The van der Waals surface area contributed by atoms with E-state index in [-0.39, 0.29) is 25.7 Å². The van der Waals surface area contributed by atoms with Crippen molar-refractivity contribution < 1.29 is 24.3 Å². The number of carbonyl (C=O) groups is 4. The number of carboxylic acid groups (broad SMARTS) is 1. The lowest BCUT2D eigenvalue weighted by molar-refractivity contribution is -0.142. The molecule has 208 valence electrons. The second-order valence-electron chi connectivity index (χ2n) is 8.66. The van der Waals surface area contributed by atoms with E-state index in [9.17, 15) is 24.3 Å². The van der Waals surface area contributed by atoms with Crippen molar-refractivity contribution in [2.45, 2.75) is 49.9 Å². The molecule has 0 aliphatic rings. The molecular weight excluding hydrogens is 528 g/mol. The van der Waals surface area contributed by atoms with Crippen LogP contribution in [0, 0.1) is 0 Å². The number of thioether (sulfide) groups is 2. The van der Waals surface area contributed by atoms with Gasteiger partial charge in [0.25, 0.3) is 0 Å². The van der Waals surface area contributed by atoms with E-state index in [1.807, 2.05) is 42.8 Å². The van der Waals surface area contributed by atoms with Crippen molar-refractivity contribution in [2.75, 3.05) is 24.0 Å². The molecule has 0 saturated heterocycles. The molecule has 0 bridgehead atoms. The lowest BCUT2D eigenvalue weighted by Crippen LogP contribution is -2.58. The summed E-state index contributed by atoms with van der Waals surface area (Å²) in [5.41, 5.74) is 7.61. The molecular formula is C25H36N6O5S2. The number of hydrogen-bond acceptors (Lipinski definition) is 8. The summed E-state index contributed by atoms with van der Waals surface area (Å²) in [6.07, 6.45) is 7.64. The zero-order valence-corrected chi connectivity index (χ0v) is 23.1. The van der Waals surface area contributed by atoms with Gasteiger partial charge in [-0.05, 0) is 48.8 Å². The third kappa shape index (κ3) is 10.8. The number of H-pyrrole nitrogens is 1. The van der Waals surface area contributed by atoms with E-state index in [0.717, 1.165) is 5.56 Å². The Labute approximate surface area is 230 Å². The number of imidazole rings is 1. The molecule has 3 amide bonds. The monoisotopic (exact) mass is 564 g/mol. The number of carbonyl (C=O) groups excluding carboxylic acids is 3. The zero-order valence-electron chi connectivity index (χ0n) is 21.5. The largest absolute Gasteiger partial charge is 0.480 e. The smallest absolute Gasteiger partial charge is 0.326 e. The lowest BCUT2D eigenvalue weighted by Gasteiger charge is -2.25. The Kier molecular flexibility index (Phi) is 13.7. The number of amides is 3. The Balaban J connectivity index is 2.14. The summed E-state index contributed by atoms with van der Waals surface area (Å²) < 4.78 is 0. The molecule has 0 fully saturated rings. The molecule has 38 heavy (non-hydrogen) atoms. The Morgan fingerprint density at radius 1 is 0.895 bits per heavy atom. The van der Waals surface area contributed by atoms with E-state index >= 15 is 0 Å². The van der Waals surface area contributed by atoms with Crippen LogP contribution < -0.4 is 21.7 Å². The number of nitrogens with two attached hydrogens (primary N) is 1. The Morgan fingerprint density at radius 2 is 1.47 bits per heavy atom. The summed E-state index contributed by atoms with van der Waals surface area (Å²) in [5, 5.41) is 17.4. The maximum Gasteiger partial charge on any atom is 0.326 e. The normalized spacial score (nSPS) is 14.1. The van der Waals surface area contributed by atoms with Crippen molar-refractivity contribution in [3.63, 3.8) is 0 Å². The van der Waals surface area contributed by atoms with E-state index in [0.29, 0.717) is 17.2 Å². The summed E-state index contributed by atoms with van der Waals surface area (Å²) in [6.45, 7) is 0. The topological polar surface area (TPSA) is 179 Å². The van der Waals surface area contributed by atoms with Crippen LogP contribution in [-0.2, 0) is 32.0 Å². The molecule has 0 radical (unpaired) electrons. The molecule has 1 aromatic heterocycles. The SMILES string of the molecule is CSCCC(NC(=O)C(CCSC)NC(=O)C(Cc1cnc[nH]1)NC(=O)C(N)Cc1ccccc1)C(=O)O. The van der Waals surface area contributed by atoms with Gasteiger partial charge in [-0.3, -0.25) is 14.4 Å². The molecule has 4 unspecified atom stereocenters. The maximum absolute atomic E-state index is 13.3. The number of nitrogens with one attached hydrogen (secondary N) is 4. The van der Waals surface area contributed by atoms with Gasteiger partial charge in [-0.15, -0.1) is 0 Å². The van der Waals surface area contributed by atoms with Gasteiger partial charge in [0.1, 0.15) is 18.1 Å². The summed E-state index contributed by atoms with van der Waals surface area (Å²) in [7, 11) is 0. The average molecular weight is 565 g/mol. The van der Waals surface area contributed by atoms with Gasteiger partial charge in [-0.1, -0.05) is 30.3 Å². The van der Waals surface area contributed by atoms with Gasteiger partial charge in [0.05, 0.1) is 12.4 Å². The first kappa shape index (κ1) is 31.2. The number of carboxylic acids is 1. The van der Waals surface area contributed by atoms with Crippen LogP contribution in [0.1, 0.15) is 24.1 Å². The first-order valence-electron chi connectivity index (χ1n) is 12.1. The average Bonchev–Trinajstić information content (AvgIpc) is 3.41. The van der Waals surface area contributed by atoms with Crippen molar-refractivity contribution in [3.05, 3.63) is 54.1 Å². The quantitative estimate of drug-likeness (QED) is 0.160. The second kappa shape index (κ2) is 16.7. The third-order valence-electron chi connectivity index (χ3n) is 5.72. The van der Waals surface area contributed by atoms with E-state index in [1.54, 1.807) is 0 Å². The summed E-state index contributed by atoms with van der Waals surface area (Å²) in [6, 6.07) is 5.31. The van der Waals surface area contributed by atoms with Crippen molar-refractivity contribution >= 4 is 47.2 Å².